The van der Waals surface area contributed by atoms with E-state index >= 15 is 0 Å². The normalized spacial score (nSPS) is 14.8. The predicted molar refractivity (Wildman–Crippen MR) is 53.8 cm³/mol. The Hall–Kier alpha value is -2.17. The van der Waals surface area contributed by atoms with Gasteiger partial charge >= 0.3 is 12.0 Å². The van der Waals surface area contributed by atoms with Gasteiger partial charge in [0.1, 0.15) is 6.61 Å². The summed E-state index contributed by atoms with van der Waals surface area (Å²) in [7, 11) is 0. The number of nitrogens with zero attached hydrogens (tertiary/aromatic N) is 1. The lowest BCUT2D eigenvalue weighted by atomic mass is 10.1. The summed E-state index contributed by atoms with van der Waals surface area (Å²) in [6, 6.07) is 8.11. The molecule has 5 heteroatoms. The minimum absolute atomic E-state index is 0.135. The van der Waals surface area contributed by atoms with Crippen LogP contribution >= 0.6 is 0 Å². The first kappa shape index (κ1) is 10.4. The highest BCUT2D eigenvalue weighted by Crippen LogP contribution is 2.08. The number of imide groups is 1. The van der Waals surface area contributed by atoms with Gasteiger partial charge in [-0.1, -0.05) is 30.3 Å². The zero-order valence-electron chi connectivity index (χ0n) is 8.38. The van der Waals surface area contributed by atoms with Crippen molar-refractivity contribution < 1.29 is 19.1 Å². The molecular weight excluding hydrogens is 210 g/mol. The van der Waals surface area contributed by atoms with Crippen LogP contribution in [0.2, 0.25) is 0 Å². The molecule has 1 aromatic rings. The minimum Gasteiger partial charge on any atom is -0.447 e. The number of hydrogen-bond donors (Lipinski definition) is 0. The number of carbonyl (C=O) groups excluding carboxylic acids is 3. The fourth-order valence-corrected chi connectivity index (χ4v) is 1.41. The van der Waals surface area contributed by atoms with Gasteiger partial charge in [0, 0.05) is 5.56 Å². The quantitative estimate of drug-likeness (QED) is 0.546. The lowest BCUT2D eigenvalue weighted by molar-refractivity contribution is -0.123. The van der Waals surface area contributed by atoms with Crippen molar-refractivity contribution in [1.29, 1.82) is 0 Å². The van der Waals surface area contributed by atoms with Gasteiger partial charge in [-0.15, -0.1) is 0 Å². The average Bonchev–Trinajstić information content (AvgIpc) is 2.75. The number of amides is 2. The highest BCUT2D eigenvalue weighted by atomic mass is 16.6. The first-order valence-corrected chi connectivity index (χ1v) is 4.78. The molecular formula is C11H9NO4. The Morgan fingerprint density at radius 2 is 1.88 bits per heavy atom. The number of cyclic esters (lactones) is 1. The molecule has 5 nitrogen and oxygen atoms in total. The third-order valence-corrected chi connectivity index (χ3v) is 2.24. The van der Waals surface area contributed by atoms with Gasteiger partial charge in [0.2, 0.25) is 0 Å². The first-order valence-electron chi connectivity index (χ1n) is 4.78. The molecule has 2 rings (SSSR count). The lowest BCUT2D eigenvalue weighted by Crippen LogP contribution is -2.37. The molecule has 0 aliphatic carbocycles. The van der Waals surface area contributed by atoms with Gasteiger partial charge in [-0.2, -0.15) is 0 Å². The second-order valence-corrected chi connectivity index (χ2v) is 3.27. The van der Waals surface area contributed by atoms with Crippen molar-refractivity contribution in [3.63, 3.8) is 0 Å². The van der Waals surface area contributed by atoms with Gasteiger partial charge in [0.25, 0.3) is 5.78 Å². The van der Waals surface area contributed by atoms with E-state index in [1.165, 1.54) is 12.1 Å². The number of ether oxygens (including phenoxy) is 1. The van der Waals surface area contributed by atoms with Crippen molar-refractivity contribution in [1.82, 2.24) is 4.90 Å². The fraction of sp³-hybridized carbons (Fsp3) is 0.182. The third kappa shape index (κ3) is 1.79. The molecule has 1 aliphatic rings. The second kappa shape index (κ2) is 4.14. The van der Waals surface area contributed by atoms with Crippen molar-refractivity contribution in [2.45, 2.75) is 0 Å². The van der Waals surface area contributed by atoms with Crippen LogP contribution in [0.15, 0.2) is 30.3 Å². The zero-order valence-corrected chi connectivity index (χ0v) is 8.38. The van der Waals surface area contributed by atoms with Gasteiger partial charge in [-0.3, -0.25) is 9.59 Å². The highest BCUT2D eigenvalue weighted by molar-refractivity contribution is 6.44. The van der Waals surface area contributed by atoms with Crippen molar-refractivity contribution in [2.75, 3.05) is 13.2 Å². The predicted octanol–water partition coefficient (Wildman–Crippen LogP) is 0.848. The van der Waals surface area contributed by atoms with Crippen LogP contribution in [0.5, 0.6) is 0 Å². The minimum atomic E-state index is -0.839. The summed E-state index contributed by atoms with van der Waals surface area (Å²) in [5, 5.41) is 0. The Bertz CT molecular complexity index is 441. The average molecular weight is 219 g/mol. The standard InChI is InChI=1S/C11H9NO4/c13-9(8-4-2-1-3-5-8)10(14)12-6-7-16-11(12)15/h1-5H,6-7H2. The number of ketones is 1. The van der Waals surface area contributed by atoms with E-state index in [1.54, 1.807) is 18.2 Å². The zero-order chi connectivity index (χ0) is 11.5. The van der Waals surface area contributed by atoms with E-state index in [0.29, 0.717) is 0 Å². The summed E-state index contributed by atoms with van der Waals surface area (Å²) in [6.45, 7) is 0.281. The Labute approximate surface area is 91.6 Å². The largest absolute Gasteiger partial charge is 0.447 e. The third-order valence-electron chi connectivity index (χ3n) is 2.24. The topological polar surface area (TPSA) is 63.7 Å². The summed E-state index contributed by atoms with van der Waals surface area (Å²) in [5.41, 5.74) is 0.271. The van der Waals surface area contributed by atoms with Crippen molar-refractivity contribution >= 4 is 17.8 Å². The molecule has 0 saturated carbocycles. The van der Waals surface area contributed by atoms with E-state index < -0.39 is 17.8 Å². The van der Waals surface area contributed by atoms with E-state index in [-0.39, 0.29) is 18.7 Å². The molecule has 0 bridgehead atoms. The SMILES string of the molecule is O=C(C(=O)N1CCOC1=O)c1ccccc1. The van der Waals surface area contributed by atoms with Crippen LogP contribution in [0, 0.1) is 0 Å². The molecule has 1 aliphatic heterocycles. The summed E-state index contributed by atoms with van der Waals surface area (Å²) in [4.78, 5) is 35.2. The monoisotopic (exact) mass is 219 g/mol. The molecule has 0 spiro atoms. The summed E-state index contributed by atoms with van der Waals surface area (Å²) in [5.74, 6) is -1.53. The Morgan fingerprint density at radius 1 is 1.19 bits per heavy atom. The van der Waals surface area contributed by atoms with E-state index in [0.717, 1.165) is 4.90 Å². The summed E-state index contributed by atoms with van der Waals surface area (Å²) < 4.78 is 4.59. The molecule has 0 aromatic heterocycles. The first-order chi connectivity index (χ1) is 7.70. The molecule has 2 amide bonds. The highest BCUT2D eigenvalue weighted by Gasteiger charge is 2.33. The van der Waals surface area contributed by atoms with Crippen LogP contribution in [-0.2, 0) is 9.53 Å². The number of rotatable bonds is 2. The summed E-state index contributed by atoms with van der Waals surface area (Å²) in [6.07, 6.45) is -0.755. The van der Waals surface area contributed by atoms with Crippen molar-refractivity contribution in [2.24, 2.45) is 0 Å². The van der Waals surface area contributed by atoms with Crippen LogP contribution in [-0.4, -0.2) is 35.8 Å². The molecule has 0 radical (unpaired) electrons. The number of carbonyl (C=O) groups is 3. The molecule has 0 atom stereocenters. The van der Waals surface area contributed by atoms with E-state index in [1.807, 2.05) is 0 Å². The molecule has 1 saturated heterocycles. The van der Waals surface area contributed by atoms with Crippen LogP contribution in [0.25, 0.3) is 0 Å². The second-order valence-electron chi connectivity index (χ2n) is 3.27. The molecule has 0 unspecified atom stereocenters. The molecule has 1 heterocycles. The van der Waals surface area contributed by atoms with E-state index in [9.17, 15) is 14.4 Å². The van der Waals surface area contributed by atoms with Crippen LogP contribution in [0.4, 0.5) is 4.79 Å². The van der Waals surface area contributed by atoms with Crippen LogP contribution in [0.1, 0.15) is 10.4 Å². The van der Waals surface area contributed by atoms with Crippen molar-refractivity contribution in [3.05, 3.63) is 35.9 Å². The maximum atomic E-state index is 11.7. The molecule has 0 N–H and O–H groups in total. The van der Waals surface area contributed by atoms with Crippen LogP contribution < -0.4 is 0 Å². The van der Waals surface area contributed by atoms with Gasteiger partial charge in [-0.05, 0) is 0 Å². The number of hydrogen-bond acceptors (Lipinski definition) is 4. The van der Waals surface area contributed by atoms with Crippen molar-refractivity contribution in [3.8, 4) is 0 Å². The van der Waals surface area contributed by atoms with Gasteiger partial charge in [0.05, 0.1) is 6.54 Å². The molecule has 1 aromatic carbocycles. The van der Waals surface area contributed by atoms with Gasteiger partial charge in [-0.25, -0.2) is 9.69 Å². The molecule has 82 valence electrons. The Morgan fingerprint density at radius 3 is 2.44 bits per heavy atom. The maximum Gasteiger partial charge on any atom is 0.417 e. The smallest absolute Gasteiger partial charge is 0.417 e. The van der Waals surface area contributed by atoms with Crippen LogP contribution in [0.3, 0.4) is 0 Å². The molecule has 16 heavy (non-hydrogen) atoms. The summed E-state index contributed by atoms with van der Waals surface area (Å²) >= 11 is 0. The van der Waals surface area contributed by atoms with Gasteiger partial charge < -0.3 is 4.74 Å². The fourth-order valence-electron chi connectivity index (χ4n) is 1.41. The van der Waals surface area contributed by atoms with E-state index in [2.05, 4.69) is 4.74 Å². The van der Waals surface area contributed by atoms with Gasteiger partial charge in [0.15, 0.2) is 0 Å². The Kier molecular flexibility index (Phi) is 2.68. The maximum absolute atomic E-state index is 11.7. The molecule has 1 fully saturated rings. The number of Topliss-reactive ketones (excluding diaryl/α,β-unsaturated/α-hetero) is 1. The Balaban J connectivity index is 2.17. The number of benzene rings is 1. The van der Waals surface area contributed by atoms with E-state index in [4.69, 9.17) is 0 Å². The lowest BCUT2D eigenvalue weighted by Gasteiger charge is -2.08.